The molecule has 0 bridgehead atoms. The number of hydrogen-bond donors (Lipinski definition) is 1. The Morgan fingerprint density at radius 3 is 2.79 bits per heavy atom. The van der Waals surface area contributed by atoms with Crippen molar-refractivity contribution >= 4 is 11.9 Å². The van der Waals surface area contributed by atoms with Crippen LogP contribution in [0.3, 0.4) is 0 Å². The van der Waals surface area contributed by atoms with Crippen LogP contribution in [0.15, 0.2) is 0 Å². The van der Waals surface area contributed by atoms with Crippen LogP contribution in [0.25, 0.3) is 0 Å². The molecule has 0 aromatic carbocycles. The van der Waals surface area contributed by atoms with Crippen molar-refractivity contribution in [3.63, 3.8) is 0 Å². The highest BCUT2D eigenvalue weighted by atomic mass is 16.2. The predicted molar refractivity (Wildman–Crippen MR) is 51.7 cm³/mol. The van der Waals surface area contributed by atoms with Crippen LogP contribution in [0.2, 0.25) is 0 Å². The second kappa shape index (κ2) is 2.97. The Bertz CT molecular complexity index is 290. The number of hydrogen-bond acceptors (Lipinski definition) is 2. The third kappa shape index (κ3) is 1.38. The summed E-state index contributed by atoms with van der Waals surface area (Å²) < 4.78 is 0. The van der Waals surface area contributed by atoms with Crippen LogP contribution in [0.4, 0.5) is 4.79 Å². The first-order valence-electron chi connectivity index (χ1n) is 5.17. The standard InChI is InChI=1S/C10H16N2O2/c1-3-10(2)6-7(10)12-5-4-8(13)11-9(12)14/h7H,3-6H2,1-2H3,(H,11,13,14). The van der Waals surface area contributed by atoms with Gasteiger partial charge < -0.3 is 4.90 Å². The molecule has 0 radical (unpaired) electrons. The number of carbonyl (C=O) groups excluding carboxylic acids is 2. The van der Waals surface area contributed by atoms with Crippen LogP contribution in [0, 0.1) is 5.41 Å². The van der Waals surface area contributed by atoms with Gasteiger partial charge in [-0.2, -0.15) is 0 Å². The minimum atomic E-state index is -0.205. The van der Waals surface area contributed by atoms with Crippen molar-refractivity contribution in [1.82, 2.24) is 10.2 Å². The number of urea groups is 1. The van der Waals surface area contributed by atoms with E-state index in [0.29, 0.717) is 19.0 Å². The molecule has 1 heterocycles. The van der Waals surface area contributed by atoms with Crippen molar-refractivity contribution in [2.24, 2.45) is 5.41 Å². The van der Waals surface area contributed by atoms with Crippen LogP contribution in [0.1, 0.15) is 33.1 Å². The fourth-order valence-electron chi connectivity index (χ4n) is 2.12. The van der Waals surface area contributed by atoms with E-state index in [2.05, 4.69) is 19.2 Å². The molecule has 2 unspecified atom stereocenters. The third-order valence-corrected chi connectivity index (χ3v) is 3.57. The number of imide groups is 1. The molecule has 0 aromatic heterocycles. The van der Waals surface area contributed by atoms with E-state index in [1.165, 1.54) is 0 Å². The highest BCUT2D eigenvalue weighted by molar-refractivity contribution is 5.96. The molecule has 1 saturated carbocycles. The van der Waals surface area contributed by atoms with Gasteiger partial charge in [0.05, 0.1) is 0 Å². The van der Waals surface area contributed by atoms with E-state index in [1.807, 2.05) is 4.90 Å². The Hall–Kier alpha value is -1.06. The lowest BCUT2D eigenvalue weighted by Gasteiger charge is -2.28. The summed E-state index contributed by atoms with van der Waals surface area (Å²) in [5.74, 6) is -0.148. The quantitative estimate of drug-likeness (QED) is 0.719. The Kier molecular flexibility index (Phi) is 2.01. The fraction of sp³-hybridized carbons (Fsp3) is 0.800. The van der Waals surface area contributed by atoms with Crippen molar-refractivity contribution < 1.29 is 9.59 Å². The highest BCUT2D eigenvalue weighted by Gasteiger charge is 2.53. The average Bonchev–Trinajstić information content (AvgIpc) is 2.79. The maximum atomic E-state index is 11.5. The summed E-state index contributed by atoms with van der Waals surface area (Å²) in [5.41, 5.74) is 0.289. The van der Waals surface area contributed by atoms with Gasteiger partial charge in [0.1, 0.15) is 0 Å². The van der Waals surface area contributed by atoms with Gasteiger partial charge >= 0.3 is 6.03 Å². The lowest BCUT2D eigenvalue weighted by Crippen LogP contribution is -2.51. The van der Waals surface area contributed by atoms with Crippen molar-refractivity contribution in [3.05, 3.63) is 0 Å². The van der Waals surface area contributed by atoms with Gasteiger partial charge in [0.25, 0.3) is 0 Å². The SMILES string of the molecule is CCC1(C)CC1N1CCC(=O)NC1=O. The molecule has 0 aromatic rings. The van der Waals surface area contributed by atoms with E-state index in [4.69, 9.17) is 0 Å². The van der Waals surface area contributed by atoms with Crippen molar-refractivity contribution in [3.8, 4) is 0 Å². The molecular weight excluding hydrogens is 180 g/mol. The van der Waals surface area contributed by atoms with Gasteiger partial charge in [-0.15, -0.1) is 0 Å². The molecule has 3 amide bonds. The van der Waals surface area contributed by atoms with Gasteiger partial charge in [-0.25, -0.2) is 4.79 Å². The van der Waals surface area contributed by atoms with E-state index < -0.39 is 0 Å². The van der Waals surface area contributed by atoms with Gasteiger partial charge in [-0.3, -0.25) is 10.1 Å². The first kappa shape index (κ1) is 9.49. The van der Waals surface area contributed by atoms with E-state index in [0.717, 1.165) is 12.8 Å². The largest absolute Gasteiger partial charge is 0.324 e. The molecular formula is C10H16N2O2. The van der Waals surface area contributed by atoms with E-state index in [1.54, 1.807) is 0 Å². The zero-order valence-electron chi connectivity index (χ0n) is 8.67. The van der Waals surface area contributed by atoms with Crippen LogP contribution in [-0.4, -0.2) is 29.4 Å². The molecule has 2 atom stereocenters. The van der Waals surface area contributed by atoms with E-state index in [9.17, 15) is 9.59 Å². The normalized spacial score (nSPS) is 37.0. The minimum Gasteiger partial charge on any atom is -0.320 e. The molecule has 4 nitrogen and oxygen atoms in total. The first-order valence-corrected chi connectivity index (χ1v) is 5.17. The number of carbonyl (C=O) groups is 2. The maximum Gasteiger partial charge on any atom is 0.324 e. The van der Waals surface area contributed by atoms with Crippen molar-refractivity contribution in [2.45, 2.75) is 39.2 Å². The Labute approximate surface area is 83.6 Å². The summed E-state index contributed by atoms with van der Waals surface area (Å²) in [5, 5.41) is 2.36. The van der Waals surface area contributed by atoms with Gasteiger partial charge in [0, 0.05) is 19.0 Å². The molecule has 1 aliphatic carbocycles. The predicted octanol–water partition coefficient (Wildman–Crippen LogP) is 1.12. The lowest BCUT2D eigenvalue weighted by molar-refractivity contribution is -0.121. The van der Waals surface area contributed by atoms with Crippen LogP contribution >= 0.6 is 0 Å². The molecule has 2 aliphatic rings. The molecule has 1 aliphatic heterocycles. The number of nitrogens with one attached hydrogen (secondary N) is 1. The van der Waals surface area contributed by atoms with Crippen molar-refractivity contribution in [2.75, 3.05) is 6.54 Å². The molecule has 78 valence electrons. The first-order chi connectivity index (χ1) is 6.57. The van der Waals surface area contributed by atoms with Crippen molar-refractivity contribution in [1.29, 1.82) is 0 Å². The zero-order valence-corrected chi connectivity index (χ0v) is 8.67. The maximum absolute atomic E-state index is 11.5. The van der Waals surface area contributed by atoms with E-state index in [-0.39, 0.29) is 17.4 Å². The van der Waals surface area contributed by atoms with E-state index >= 15 is 0 Å². The van der Waals surface area contributed by atoms with Gasteiger partial charge in [0.15, 0.2) is 0 Å². The minimum absolute atomic E-state index is 0.148. The topological polar surface area (TPSA) is 49.4 Å². The average molecular weight is 196 g/mol. The third-order valence-electron chi connectivity index (χ3n) is 3.57. The summed E-state index contributed by atoms with van der Waals surface area (Å²) in [6, 6.07) is 0.143. The lowest BCUT2D eigenvalue weighted by atomic mass is 10.1. The summed E-state index contributed by atoms with van der Waals surface area (Å²) in [7, 11) is 0. The summed E-state index contributed by atoms with van der Waals surface area (Å²) in [6.45, 7) is 4.93. The molecule has 1 N–H and O–H groups in total. The molecule has 14 heavy (non-hydrogen) atoms. The second-order valence-corrected chi connectivity index (χ2v) is 4.52. The Morgan fingerprint density at radius 1 is 1.57 bits per heavy atom. The Balaban J connectivity index is 2.00. The van der Waals surface area contributed by atoms with Crippen LogP contribution < -0.4 is 5.32 Å². The number of nitrogens with zero attached hydrogens (tertiary/aromatic N) is 1. The zero-order chi connectivity index (χ0) is 10.3. The summed E-state index contributed by atoms with van der Waals surface area (Å²) in [4.78, 5) is 24.2. The Morgan fingerprint density at radius 2 is 2.29 bits per heavy atom. The second-order valence-electron chi connectivity index (χ2n) is 4.52. The van der Waals surface area contributed by atoms with Gasteiger partial charge in [-0.05, 0) is 18.3 Å². The molecule has 2 rings (SSSR count). The monoisotopic (exact) mass is 196 g/mol. The summed E-state index contributed by atoms with van der Waals surface area (Å²) in [6.07, 6.45) is 2.61. The van der Waals surface area contributed by atoms with Gasteiger partial charge in [-0.1, -0.05) is 13.8 Å². The summed E-state index contributed by atoms with van der Waals surface area (Å²) >= 11 is 0. The smallest absolute Gasteiger partial charge is 0.320 e. The molecule has 4 heteroatoms. The molecule has 1 saturated heterocycles. The van der Waals surface area contributed by atoms with Crippen LogP contribution in [0.5, 0.6) is 0 Å². The number of amides is 3. The number of rotatable bonds is 2. The molecule has 0 spiro atoms. The fourth-order valence-corrected chi connectivity index (χ4v) is 2.12. The van der Waals surface area contributed by atoms with Gasteiger partial charge in [0.2, 0.25) is 5.91 Å². The van der Waals surface area contributed by atoms with Crippen LogP contribution in [-0.2, 0) is 4.79 Å². The highest BCUT2D eigenvalue weighted by Crippen LogP contribution is 2.51. The molecule has 2 fully saturated rings.